The molecule has 2 atom stereocenters. The number of para-hydroxylation sites is 1. The highest BCUT2D eigenvalue weighted by Gasteiger charge is 2.38. The number of benzene rings is 1. The number of alkyl halides is 3. The minimum absolute atomic E-state index is 0.242. The highest BCUT2D eigenvalue weighted by atomic mass is 19.4. The lowest BCUT2D eigenvalue weighted by molar-refractivity contribution is -0.192. The second-order valence-corrected chi connectivity index (χ2v) is 10.6. The average Bonchev–Trinajstić information content (AvgIpc) is 2.82. The number of amides is 1. The molecule has 1 saturated carbocycles. The van der Waals surface area contributed by atoms with Crippen LogP contribution in [0.5, 0.6) is 5.75 Å². The molecule has 0 aromatic heterocycles. The molecule has 0 aliphatic heterocycles. The number of carbonyl (C=O) groups is 3. The van der Waals surface area contributed by atoms with E-state index in [9.17, 15) is 27.9 Å². The van der Waals surface area contributed by atoms with Crippen molar-refractivity contribution in [1.29, 1.82) is 0 Å². The molecular formula is C27H41F3N2O6. The normalized spacial score (nSPS) is 16.7. The standard InChI is InChI=1S/C25H40N2O4.C2HF3O2/c1-16(2)19-10-9-11-20(17(3)4)23(19)31-21(29)14-25(12-7-6-8-13-25)15-27-24(30)22(26)18(5)28;3-2(4,5)1(6)7/h9-11,16-18,22,28H,6-8,12-15,26H2,1-5H3,(H,27,30);(H,6,7)/t18-,22+;/m1./s1. The zero-order valence-electron chi connectivity index (χ0n) is 22.7. The molecule has 0 unspecified atom stereocenters. The van der Waals surface area contributed by atoms with E-state index in [1.807, 2.05) is 18.2 Å². The molecule has 0 spiro atoms. The molecular weight excluding hydrogens is 505 g/mol. The third kappa shape index (κ3) is 10.2. The number of hydrogen-bond acceptors (Lipinski definition) is 6. The predicted molar refractivity (Wildman–Crippen MR) is 137 cm³/mol. The number of nitrogens with two attached hydrogens (primary N) is 1. The molecule has 1 fully saturated rings. The largest absolute Gasteiger partial charge is 0.490 e. The van der Waals surface area contributed by atoms with E-state index in [0.29, 0.717) is 12.3 Å². The molecule has 1 aromatic rings. The Balaban J connectivity index is 0.000000905. The summed E-state index contributed by atoms with van der Waals surface area (Å²) in [6, 6.07) is 5.09. The van der Waals surface area contributed by atoms with Crippen LogP contribution in [0.3, 0.4) is 0 Å². The lowest BCUT2D eigenvalue weighted by Crippen LogP contribution is -2.50. The lowest BCUT2D eigenvalue weighted by atomic mass is 9.71. The highest BCUT2D eigenvalue weighted by Crippen LogP contribution is 2.40. The van der Waals surface area contributed by atoms with Crippen LogP contribution in [0.15, 0.2) is 18.2 Å². The van der Waals surface area contributed by atoms with Crippen LogP contribution in [0.1, 0.15) is 96.1 Å². The predicted octanol–water partition coefficient (Wildman–Crippen LogP) is 4.64. The first-order chi connectivity index (χ1) is 17.5. The zero-order valence-corrected chi connectivity index (χ0v) is 22.7. The van der Waals surface area contributed by atoms with Crippen LogP contribution in [0.25, 0.3) is 0 Å². The fourth-order valence-electron chi connectivity index (χ4n) is 4.39. The Morgan fingerprint density at radius 1 is 1.03 bits per heavy atom. The number of ether oxygens (including phenoxy) is 1. The summed E-state index contributed by atoms with van der Waals surface area (Å²) in [5.41, 5.74) is 7.49. The SMILES string of the molecule is CC(C)c1cccc(C(C)C)c1OC(=O)CC1(CNC(=O)[C@@H](N)[C@@H](C)O)CCCCC1.O=C(O)C(F)(F)F. The molecule has 8 nitrogen and oxygen atoms in total. The smallest absolute Gasteiger partial charge is 0.475 e. The highest BCUT2D eigenvalue weighted by molar-refractivity contribution is 5.82. The maximum absolute atomic E-state index is 13.1. The van der Waals surface area contributed by atoms with Gasteiger partial charge < -0.3 is 26.0 Å². The van der Waals surface area contributed by atoms with E-state index in [-0.39, 0.29) is 35.5 Å². The number of carboxylic acid groups (broad SMARTS) is 1. The Kier molecular flexibility index (Phi) is 12.7. The summed E-state index contributed by atoms with van der Waals surface area (Å²) in [4.78, 5) is 34.3. The minimum atomic E-state index is -5.08. The number of aliphatic hydroxyl groups is 1. The Morgan fingerprint density at radius 3 is 1.89 bits per heavy atom. The van der Waals surface area contributed by atoms with Gasteiger partial charge in [0.25, 0.3) is 0 Å². The molecule has 0 bridgehead atoms. The van der Waals surface area contributed by atoms with Crippen molar-refractivity contribution in [2.24, 2.45) is 11.1 Å². The third-order valence-corrected chi connectivity index (χ3v) is 6.67. The van der Waals surface area contributed by atoms with Gasteiger partial charge in [-0.05, 0) is 48.1 Å². The Morgan fingerprint density at radius 2 is 1.50 bits per heavy atom. The van der Waals surface area contributed by atoms with Gasteiger partial charge in [-0.2, -0.15) is 13.2 Å². The Bertz CT molecular complexity index is 915. The van der Waals surface area contributed by atoms with E-state index >= 15 is 0 Å². The molecule has 1 aromatic carbocycles. The van der Waals surface area contributed by atoms with E-state index in [1.54, 1.807) is 0 Å². The van der Waals surface area contributed by atoms with Gasteiger partial charge in [-0.3, -0.25) is 9.59 Å². The number of carbonyl (C=O) groups excluding carboxylic acids is 2. The first-order valence-electron chi connectivity index (χ1n) is 12.9. The fourth-order valence-corrected chi connectivity index (χ4v) is 4.39. The maximum Gasteiger partial charge on any atom is 0.490 e. The summed E-state index contributed by atoms with van der Waals surface area (Å²) in [6.07, 6.45) is -0.872. The van der Waals surface area contributed by atoms with Crippen LogP contribution in [-0.4, -0.2) is 52.9 Å². The van der Waals surface area contributed by atoms with Gasteiger partial charge in [-0.15, -0.1) is 0 Å². The Labute approximate surface area is 222 Å². The second-order valence-electron chi connectivity index (χ2n) is 10.6. The second kappa shape index (κ2) is 14.5. The van der Waals surface area contributed by atoms with Gasteiger partial charge in [0.2, 0.25) is 5.91 Å². The van der Waals surface area contributed by atoms with E-state index in [4.69, 9.17) is 20.4 Å². The molecule has 38 heavy (non-hydrogen) atoms. The lowest BCUT2D eigenvalue weighted by Gasteiger charge is -2.37. The van der Waals surface area contributed by atoms with E-state index in [1.165, 1.54) is 6.92 Å². The van der Waals surface area contributed by atoms with Crippen LogP contribution in [0.2, 0.25) is 0 Å². The van der Waals surface area contributed by atoms with Crippen LogP contribution in [0, 0.1) is 5.41 Å². The van der Waals surface area contributed by atoms with Crippen molar-refractivity contribution < 1.29 is 42.5 Å². The van der Waals surface area contributed by atoms with Crippen LogP contribution in [0.4, 0.5) is 13.2 Å². The molecule has 1 aliphatic carbocycles. The van der Waals surface area contributed by atoms with Crippen molar-refractivity contribution in [3.63, 3.8) is 0 Å². The number of hydrogen-bond donors (Lipinski definition) is 4. The van der Waals surface area contributed by atoms with Crippen LogP contribution < -0.4 is 15.8 Å². The van der Waals surface area contributed by atoms with Crippen LogP contribution >= 0.6 is 0 Å². The molecule has 5 N–H and O–H groups in total. The van der Waals surface area contributed by atoms with Crippen molar-refractivity contribution in [2.45, 2.75) is 103 Å². The van der Waals surface area contributed by atoms with Gasteiger partial charge in [0.15, 0.2) is 0 Å². The van der Waals surface area contributed by atoms with Crippen molar-refractivity contribution in [3.05, 3.63) is 29.3 Å². The van der Waals surface area contributed by atoms with Gasteiger partial charge in [-0.1, -0.05) is 65.2 Å². The molecule has 0 saturated heterocycles. The number of rotatable bonds is 9. The molecule has 0 radical (unpaired) electrons. The fraction of sp³-hybridized carbons (Fsp3) is 0.667. The minimum Gasteiger partial charge on any atom is -0.475 e. The van der Waals surface area contributed by atoms with Crippen molar-refractivity contribution in [2.75, 3.05) is 6.54 Å². The number of aliphatic carboxylic acids is 1. The monoisotopic (exact) mass is 546 g/mol. The number of halogens is 3. The van der Waals surface area contributed by atoms with Gasteiger partial charge in [-0.25, -0.2) is 4.79 Å². The van der Waals surface area contributed by atoms with Gasteiger partial charge >= 0.3 is 18.1 Å². The molecule has 216 valence electrons. The van der Waals surface area contributed by atoms with Crippen LogP contribution in [-0.2, 0) is 14.4 Å². The van der Waals surface area contributed by atoms with Crippen molar-refractivity contribution >= 4 is 17.8 Å². The quantitative estimate of drug-likeness (QED) is 0.261. The van der Waals surface area contributed by atoms with E-state index < -0.39 is 24.3 Å². The summed E-state index contributed by atoms with van der Waals surface area (Å²) in [6.45, 7) is 10.3. The van der Waals surface area contributed by atoms with E-state index in [0.717, 1.165) is 43.2 Å². The average molecular weight is 547 g/mol. The summed E-state index contributed by atoms with van der Waals surface area (Å²) in [7, 11) is 0. The first-order valence-corrected chi connectivity index (χ1v) is 12.9. The topological polar surface area (TPSA) is 139 Å². The molecule has 11 heteroatoms. The maximum atomic E-state index is 13.1. The summed E-state index contributed by atoms with van der Waals surface area (Å²) in [5, 5.41) is 19.6. The number of aliphatic hydroxyl groups excluding tert-OH is 1. The van der Waals surface area contributed by atoms with Gasteiger partial charge in [0.1, 0.15) is 11.8 Å². The molecule has 2 rings (SSSR count). The number of esters is 1. The molecule has 1 amide bonds. The zero-order chi connectivity index (χ0) is 29.3. The van der Waals surface area contributed by atoms with Crippen molar-refractivity contribution in [3.8, 4) is 5.75 Å². The first kappa shape index (κ1) is 33.4. The summed E-state index contributed by atoms with van der Waals surface area (Å²) >= 11 is 0. The van der Waals surface area contributed by atoms with Gasteiger partial charge in [0.05, 0.1) is 12.5 Å². The van der Waals surface area contributed by atoms with E-state index in [2.05, 4.69) is 33.0 Å². The number of carboxylic acids is 1. The Hall–Kier alpha value is -2.66. The molecule has 0 heterocycles. The van der Waals surface area contributed by atoms with Crippen molar-refractivity contribution in [1.82, 2.24) is 5.32 Å². The summed E-state index contributed by atoms with van der Waals surface area (Å²) < 4.78 is 37.7. The molecule has 1 aliphatic rings. The van der Waals surface area contributed by atoms with Gasteiger partial charge in [0, 0.05) is 6.54 Å². The number of nitrogens with one attached hydrogen (secondary N) is 1. The summed E-state index contributed by atoms with van der Waals surface area (Å²) in [5.74, 6) is -2.24. The third-order valence-electron chi connectivity index (χ3n) is 6.67.